The van der Waals surface area contributed by atoms with Crippen LogP contribution in [0.3, 0.4) is 0 Å². The van der Waals surface area contributed by atoms with Crippen molar-refractivity contribution < 1.29 is 9.47 Å². The number of anilines is 3. The molecule has 9 heteroatoms. The summed E-state index contributed by atoms with van der Waals surface area (Å²) in [6.07, 6.45) is 0. The van der Waals surface area contributed by atoms with Crippen LogP contribution < -0.4 is 20.5 Å². The van der Waals surface area contributed by atoms with Crippen molar-refractivity contribution in [2.45, 2.75) is 0 Å². The summed E-state index contributed by atoms with van der Waals surface area (Å²) in [6, 6.07) is 13.5. The van der Waals surface area contributed by atoms with E-state index in [2.05, 4.69) is 20.4 Å². The molecule has 0 atom stereocenters. The lowest BCUT2D eigenvalue weighted by atomic mass is 10.2. The zero-order valence-corrected chi connectivity index (χ0v) is 14.4. The molecule has 0 amide bonds. The summed E-state index contributed by atoms with van der Waals surface area (Å²) < 4.78 is 13.7. The molecule has 2 aromatic heterocycles. The molecule has 1 aliphatic heterocycles. The lowest BCUT2D eigenvalue weighted by molar-refractivity contribution is 0.171. The standard InChI is InChI=1S/C17H14N6O2S/c18-15-21-16(19-10-5-6-12-13(9-10)25-8-7-24-12)22-23(15)17-20-11-3-1-2-4-14(11)26-17/h1-6,9H,7-8H2,(H3,18,19,21,22). The minimum atomic E-state index is 0.268. The molecule has 26 heavy (non-hydrogen) atoms. The maximum atomic E-state index is 6.03. The third kappa shape index (κ3) is 2.58. The van der Waals surface area contributed by atoms with E-state index in [1.165, 1.54) is 16.0 Å². The number of hydrogen-bond acceptors (Lipinski definition) is 8. The van der Waals surface area contributed by atoms with Crippen molar-refractivity contribution in [1.82, 2.24) is 19.7 Å². The summed E-state index contributed by atoms with van der Waals surface area (Å²) in [5.74, 6) is 2.08. The van der Waals surface area contributed by atoms with Crippen molar-refractivity contribution in [3.63, 3.8) is 0 Å². The monoisotopic (exact) mass is 366 g/mol. The van der Waals surface area contributed by atoms with Crippen molar-refractivity contribution in [3.05, 3.63) is 42.5 Å². The summed E-state index contributed by atoms with van der Waals surface area (Å²) >= 11 is 1.51. The van der Waals surface area contributed by atoms with Crippen molar-refractivity contribution in [3.8, 4) is 16.6 Å². The van der Waals surface area contributed by atoms with Gasteiger partial charge in [-0.05, 0) is 24.3 Å². The van der Waals surface area contributed by atoms with Gasteiger partial charge in [-0.15, -0.1) is 5.10 Å². The van der Waals surface area contributed by atoms with Gasteiger partial charge in [0, 0.05) is 11.8 Å². The topological polar surface area (TPSA) is 100 Å². The average molecular weight is 366 g/mol. The van der Waals surface area contributed by atoms with E-state index < -0.39 is 0 Å². The molecule has 0 spiro atoms. The Balaban J connectivity index is 1.45. The molecule has 0 bridgehead atoms. The Morgan fingerprint density at radius 3 is 2.77 bits per heavy atom. The summed E-state index contributed by atoms with van der Waals surface area (Å²) in [5, 5.41) is 8.24. The first-order valence-electron chi connectivity index (χ1n) is 8.01. The zero-order valence-electron chi connectivity index (χ0n) is 13.5. The maximum Gasteiger partial charge on any atom is 0.248 e. The molecule has 8 nitrogen and oxygen atoms in total. The molecule has 0 unspecified atom stereocenters. The van der Waals surface area contributed by atoms with Crippen LogP contribution in [0.15, 0.2) is 42.5 Å². The molecule has 5 rings (SSSR count). The van der Waals surface area contributed by atoms with Crippen LogP contribution in [0, 0.1) is 0 Å². The average Bonchev–Trinajstić information content (AvgIpc) is 3.24. The number of nitrogens with two attached hydrogens (primary N) is 1. The van der Waals surface area contributed by atoms with Crippen LogP contribution in [-0.4, -0.2) is 33.0 Å². The number of rotatable bonds is 3. The van der Waals surface area contributed by atoms with Crippen LogP contribution in [0.5, 0.6) is 11.5 Å². The van der Waals surface area contributed by atoms with E-state index >= 15 is 0 Å². The number of nitrogens with one attached hydrogen (secondary N) is 1. The molecule has 4 aromatic rings. The van der Waals surface area contributed by atoms with Gasteiger partial charge < -0.3 is 20.5 Å². The molecule has 0 aliphatic carbocycles. The van der Waals surface area contributed by atoms with Crippen LogP contribution in [0.1, 0.15) is 0 Å². The highest BCUT2D eigenvalue weighted by Gasteiger charge is 2.15. The van der Waals surface area contributed by atoms with E-state index in [0.717, 1.165) is 21.7 Å². The second kappa shape index (κ2) is 5.88. The first-order chi connectivity index (χ1) is 12.8. The van der Waals surface area contributed by atoms with Gasteiger partial charge in [-0.25, -0.2) is 4.98 Å². The number of hydrogen-bond donors (Lipinski definition) is 2. The Morgan fingerprint density at radius 2 is 1.88 bits per heavy atom. The van der Waals surface area contributed by atoms with Gasteiger partial charge in [0.1, 0.15) is 13.2 Å². The van der Waals surface area contributed by atoms with E-state index in [0.29, 0.717) is 30.0 Å². The number of ether oxygens (including phenoxy) is 2. The third-order valence-electron chi connectivity index (χ3n) is 3.89. The molecular weight excluding hydrogens is 352 g/mol. The minimum Gasteiger partial charge on any atom is -0.486 e. The van der Waals surface area contributed by atoms with Crippen LogP contribution in [-0.2, 0) is 0 Å². The molecule has 0 radical (unpaired) electrons. The fraction of sp³-hybridized carbons (Fsp3) is 0.118. The largest absolute Gasteiger partial charge is 0.486 e. The summed E-state index contributed by atoms with van der Waals surface area (Å²) in [5.41, 5.74) is 7.72. The predicted octanol–water partition coefficient (Wildman–Crippen LogP) is 2.97. The van der Waals surface area contributed by atoms with Gasteiger partial charge in [-0.3, -0.25) is 0 Å². The number of nitrogen functional groups attached to an aromatic ring is 1. The summed E-state index contributed by atoms with van der Waals surface area (Å²) in [6.45, 7) is 1.10. The van der Waals surface area contributed by atoms with Gasteiger partial charge in [0.25, 0.3) is 0 Å². The van der Waals surface area contributed by atoms with E-state index in [-0.39, 0.29) is 5.95 Å². The number of benzene rings is 2. The molecule has 2 aromatic carbocycles. The van der Waals surface area contributed by atoms with E-state index in [9.17, 15) is 0 Å². The first-order valence-corrected chi connectivity index (χ1v) is 8.83. The summed E-state index contributed by atoms with van der Waals surface area (Å²) in [4.78, 5) is 8.83. The van der Waals surface area contributed by atoms with Gasteiger partial charge >= 0.3 is 0 Å². The van der Waals surface area contributed by atoms with Crippen LogP contribution in [0.25, 0.3) is 15.3 Å². The van der Waals surface area contributed by atoms with E-state index in [4.69, 9.17) is 15.2 Å². The minimum absolute atomic E-state index is 0.268. The molecule has 3 heterocycles. The molecule has 0 fully saturated rings. The number of para-hydroxylation sites is 1. The Morgan fingerprint density at radius 1 is 1.04 bits per heavy atom. The van der Waals surface area contributed by atoms with Crippen molar-refractivity contribution in [2.75, 3.05) is 24.3 Å². The van der Waals surface area contributed by atoms with Crippen LogP contribution >= 0.6 is 11.3 Å². The fourth-order valence-electron chi connectivity index (χ4n) is 2.72. The third-order valence-corrected chi connectivity index (χ3v) is 4.91. The second-order valence-corrected chi connectivity index (χ2v) is 6.66. The Labute approximate surface area is 152 Å². The normalized spacial score (nSPS) is 13.1. The highest BCUT2D eigenvalue weighted by Crippen LogP contribution is 2.33. The first kappa shape index (κ1) is 15.0. The SMILES string of the molecule is Nc1nc(Nc2ccc3c(c2)OCCO3)nn1-c1nc2ccccc2s1. The molecule has 0 saturated carbocycles. The van der Waals surface area contributed by atoms with E-state index in [1.807, 2.05) is 42.5 Å². The molecule has 3 N–H and O–H groups in total. The van der Waals surface area contributed by atoms with Gasteiger partial charge in [-0.2, -0.15) is 9.67 Å². The second-order valence-electron chi connectivity index (χ2n) is 5.65. The van der Waals surface area contributed by atoms with Crippen LogP contribution in [0.2, 0.25) is 0 Å². The molecular formula is C17H14N6O2S. The van der Waals surface area contributed by atoms with Crippen LogP contribution in [0.4, 0.5) is 17.6 Å². The fourth-order valence-corrected chi connectivity index (χ4v) is 3.65. The molecule has 130 valence electrons. The lowest BCUT2D eigenvalue weighted by Gasteiger charge is -2.18. The van der Waals surface area contributed by atoms with Crippen molar-refractivity contribution >= 4 is 39.1 Å². The number of nitrogens with zero attached hydrogens (tertiary/aromatic N) is 4. The Hall–Kier alpha value is -3.33. The Bertz CT molecular complexity index is 1070. The van der Waals surface area contributed by atoms with Crippen molar-refractivity contribution in [2.24, 2.45) is 0 Å². The number of thiazole rings is 1. The van der Waals surface area contributed by atoms with E-state index in [1.54, 1.807) is 0 Å². The summed E-state index contributed by atoms with van der Waals surface area (Å²) in [7, 11) is 0. The predicted molar refractivity (Wildman–Crippen MR) is 99.7 cm³/mol. The highest BCUT2D eigenvalue weighted by atomic mass is 32.1. The quantitative estimate of drug-likeness (QED) is 0.575. The number of fused-ring (bicyclic) bond motifs is 2. The maximum absolute atomic E-state index is 6.03. The number of aromatic nitrogens is 4. The van der Waals surface area contributed by atoms with Gasteiger partial charge in [0.15, 0.2) is 11.5 Å². The Kier molecular flexibility index (Phi) is 3.39. The van der Waals surface area contributed by atoms with Gasteiger partial charge in [-0.1, -0.05) is 23.5 Å². The highest BCUT2D eigenvalue weighted by molar-refractivity contribution is 7.20. The van der Waals surface area contributed by atoms with Crippen molar-refractivity contribution in [1.29, 1.82) is 0 Å². The molecule has 0 saturated heterocycles. The smallest absolute Gasteiger partial charge is 0.248 e. The molecule has 1 aliphatic rings. The van der Waals surface area contributed by atoms with Gasteiger partial charge in [0.05, 0.1) is 10.2 Å². The lowest BCUT2D eigenvalue weighted by Crippen LogP contribution is -2.15. The van der Waals surface area contributed by atoms with Gasteiger partial charge in [0.2, 0.25) is 17.0 Å². The zero-order chi connectivity index (χ0) is 17.5.